The van der Waals surface area contributed by atoms with Gasteiger partial charge >= 0.3 is 0 Å². The number of benzene rings is 1. The van der Waals surface area contributed by atoms with Crippen molar-refractivity contribution < 1.29 is 5.11 Å². The molecule has 0 aliphatic carbocycles. The lowest BCUT2D eigenvalue weighted by Crippen LogP contribution is -2.06. The van der Waals surface area contributed by atoms with Crippen LogP contribution in [0, 0.1) is 5.92 Å². The summed E-state index contributed by atoms with van der Waals surface area (Å²) >= 11 is 0. The molecule has 0 fully saturated rings. The molecule has 1 N–H and O–H groups in total. The van der Waals surface area contributed by atoms with E-state index in [9.17, 15) is 5.11 Å². The van der Waals surface area contributed by atoms with Crippen LogP contribution in [-0.2, 0) is 0 Å². The molecule has 0 saturated carbocycles. The Morgan fingerprint density at radius 3 is 2.08 bits per heavy atom. The maximum absolute atomic E-state index is 9.84. The molecule has 1 heteroatoms. The number of aliphatic hydroxyl groups is 1. The van der Waals surface area contributed by atoms with Gasteiger partial charge in [0.15, 0.2) is 0 Å². The molecule has 13 heavy (non-hydrogen) atoms. The third-order valence-electron chi connectivity index (χ3n) is 2.05. The largest absolute Gasteiger partial charge is 0.387 e. The Morgan fingerprint density at radius 2 is 1.62 bits per heavy atom. The minimum absolute atomic E-state index is 0.0811. The van der Waals surface area contributed by atoms with Crippen molar-refractivity contribution in [3.8, 4) is 0 Å². The van der Waals surface area contributed by atoms with Crippen LogP contribution in [0.1, 0.15) is 11.7 Å². The van der Waals surface area contributed by atoms with Gasteiger partial charge in [-0.25, -0.2) is 0 Å². The highest BCUT2D eigenvalue weighted by atomic mass is 16.3. The maximum Gasteiger partial charge on any atom is 0.0886 e. The molecule has 0 radical (unpaired) electrons. The number of rotatable bonds is 4. The average molecular weight is 174 g/mol. The summed E-state index contributed by atoms with van der Waals surface area (Å²) in [4.78, 5) is 0. The van der Waals surface area contributed by atoms with Gasteiger partial charge in [-0.1, -0.05) is 42.5 Å². The smallest absolute Gasteiger partial charge is 0.0886 e. The Morgan fingerprint density at radius 1 is 1.08 bits per heavy atom. The summed E-state index contributed by atoms with van der Waals surface area (Å²) in [7, 11) is 0. The summed E-state index contributed by atoms with van der Waals surface area (Å²) in [5, 5.41) is 9.84. The Balaban J connectivity index is 2.83. The van der Waals surface area contributed by atoms with Gasteiger partial charge in [0.1, 0.15) is 0 Å². The van der Waals surface area contributed by atoms with E-state index in [0.29, 0.717) is 0 Å². The number of hydrogen-bond donors (Lipinski definition) is 1. The van der Waals surface area contributed by atoms with Gasteiger partial charge in [-0.2, -0.15) is 0 Å². The molecule has 1 unspecified atom stereocenters. The molecule has 0 aliphatic heterocycles. The molecule has 0 aromatic heterocycles. The fourth-order valence-electron chi connectivity index (χ4n) is 1.23. The summed E-state index contributed by atoms with van der Waals surface area (Å²) in [6.07, 6.45) is 2.87. The molecule has 0 heterocycles. The Labute approximate surface area is 79.0 Å². The summed E-state index contributed by atoms with van der Waals surface area (Å²) in [6, 6.07) is 9.52. The molecule has 1 nitrogen and oxygen atoms in total. The molecular weight excluding hydrogens is 160 g/mol. The molecule has 68 valence electrons. The SMILES string of the molecule is C=CC(C=C)C(O)c1ccccc1. The first-order chi connectivity index (χ1) is 6.29. The van der Waals surface area contributed by atoms with Gasteiger partial charge in [0.25, 0.3) is 0 Å². The van der Waals surface area contributed by atoms with Crippen LogP contribution in [0.15, 0.2) is 55.6 Å². The second-order valence-electron chi connectivity index (χ2n) is 2.90. The maximum atomic E-state index is 9.84. The quantitative estimate of drug-likeness (QED) is 0.696. The average Bonchev–Trinajstić information content (AvgIpc) is 2.21. The molecule has 1 aromatic rings. The molecule has 0 bridgehead atoms. The first-order valence-electron chi connectivity index (χ1n) is 4.27. The van der Waals surface area contributed by atoms with E-state index < -0.39 is 6.10 Å². The van der Waals surface area contributed by atoms with E-state index >= 15 is 0 Å². The minimum atomic E-state index is -0.531. The van der Waals surface area contributed by atoms with Crippen LogP contribution in [0.3, 0.4) is 0 Å². The third-order valence-corrected chi connectivity index (χ3v) is 2.05. The highest BCUT2D eigenvalue weighted by molar-refractivity contribution is 5.20. The monoisotopic (exact) mass is 174 g/mol. The zero-order valence-corrected chi connectivity index (χ0v) is 7.56. The van der Waals surface area contributed by atoms with Crippen molar-refractivity contribution in [2.24, 2.45) is 5.92 Å². The summed E-state index contributed by atoms with van der Waals surface area (Å²) in [5.74, 6) is -0.0811. The van der Waals surface area contributed by atoms with Crippen LogP contribution in [0.4, 0.5) is 0 Å². The summed E-state index contributed by atoms with van der Waals surface area (Å²) < 4.78 is 0. The minimum Gasteiger partial charge on any atom is -0.387 e. The molecule has 0 amide bonds. The highest BCUT2D eigenvalue weighted by Gasteiger charge is 2.13. The molecular formula is C12H14O. The van der Waals surface area contributed by atoms with Gasteiger partial charge in [0.2, 0.25) is 0 Å². The third kappa shape index (κ3) is 2.30. The van der Waals surface area contributed by atoms with E-state index in [1.54, 1.807) is 12.2 Å². The fourth-order valence-corrected chi connectivity index (χ4v) is 1.23. The van der Waals surface area contributed by atoms with Crippen molar-refractivity contribution in [2.45, 2.75) is 6.10 Å². The van der Waals surface area contributed by atoms with Crippen LogP contribution in [0.5, 0.6) is 0 Å². The van der Waals surface area contributed by atoms with Crippen molar-refractivity contribution in [2.75, 3.05) is 0 Å². The molecule has 1 rings (SSSR count). The van der Waals surface area contributed by atoms with E-state index in [1.165, 1.54) is 0 Å². The van der Waals surface area contributed by atoms with E-state index in [1.807, 2.05) is 30.3 Å². The second kappa shape index (κ2) is 4.63. The second-order valence-corrected chi connectivity index (χ2v) is 2.90. The standard InChI is InChI=1S/C12H14O/c1-3-10(4-2)12(13)11-8-6-5-7-9-11/h3-10,12-13H,1-2H2. The Bertz CT molecular complexity index is 268. The molecule has 1 atom stereocenters. The van der Waals surface area contributed by atoms with Crippen LogP contribution in [0.25, 0.3) is 0 Å². The van der Waals surface area contributed by atoms with Crippen LogP contribution in [0.2, 0.25) is 0 Å². The lowest BCUT2D eigenvalue weighted by Gasteiger charge is -2.15. The number of hydrogen-bond acceptors (Lipinski definition) is 1. The van der Waals surface area contributed by atoms with E-state index in [2.05, 4.69) is 13.2 Å². The summed E-state index contributed by atoms with van der Waals surface area (Å²) in [5.41, 5.74) is 0.896. The van der Waals surface area contributed by atoms with Crippen LogP contribution in [-0.4, -0.2) is 5.11 Å². The topological polar surface area (TPSA) is 20.2 Å². The molecule has 0 saturated heterocycles. The predicted molar refractivity (Wildman–Crippen MR) is 55.3 cm³/mol. The van der Waals surface area contributed by atoms with Gasteiger partial charge in [-0.05, 0) is 5.56 Å². The van der Waals surface area contributed by atoms with Crippen molar-refractivity contribution in [3.63, 3.8) is 0 Å². The van der Waals surface area contributed by atoms with Gasteiger partial charge < -0.3 is 5.11 Å². The predicted octanol–water partition coefficient (Wildman–Crippen LogP) is 2.71. The van der Waals surface area contributed by atoms with Gasteiger partial charge in [-0.15, -0.1) is 13.2 Å². The molecule has 0 spiro atoms. The van der Waals surface area contributed by atoms with Gasteiger partial charge in [-0.3, -0.25) is 0 Å². The molecule has 1 aromatic carbocycles. The van der Waals surface area contributed by atoms with E-state index in [-0.39, 0.29) is 5.92 Å². The Kier molecular flexibility index (Phi) is 3.47. The van der Waals surface area contributed by atoms with Gasteiger partial charge in [0, 0.05) is 5.92 Å². The molecule has 0 aliphatic rings. The van der Waals surface area contributed by atoms with Crippen molar-refractivity contribution >= 4 is 0 Å². The first-order valence-corrected chi connectivity index (χ1v) is 4.27. The van der Waals surface area contributed by atoms with E-state index in [0.717, 1.165) is 5.56 Å². The normalized spacial score (nSPS) is 12.5. The van der Waals surface area contributed by atoms with Crippen molar-refractivity contribution in [1.29, 1.82) is 0 Å². The summed E-state index contributed by atoms with van der Waals surface area (Å²) in [6.45, 7) is 7.29. The first kappa shape index (κ1) is 9.75. The zero-order valence-electron chi connectivity index (χ0n) is 7.56. The van der Waals surface area contributed by atoms with Crippen LogP contribution >= 0.6 is 0 Å². The lowest BCUT2D eigenvalue weighted by atomic mass is 9.96. The van der Waals surface area contributed by atoms with E-state index in [4.69, 9.17) is 0 Å². The number of aliphatic hydroxyl groups excluding tert-OH is 1. The Hall–Kier alpha value is -1.34. The zero-order chi connectivity index (χ0) is 9.68. The van der Waals surface area contributed by atoms with Crippen molar-refractivity contribution in [3.05, 3.63) is 61.2 Å². The highest BCUT2D eigenvalue weighted by Crippen LogP contribution is 2.22. The van der Waals surface area contributed by atoms with Crippen LogP contribution < -0.4 is 0 Å². The fraction of sp³-hybridized carbons (Fsp3) is 0.167. The lowest BCUT2D eigenvalue weighted by molar-refractivity contribution is 0.151. The van der Waals surface area contributed by atoms with Gasteiger partial charge in [0.05, 0.1) is 6.10 Å². The van der Waals surface area contributed by atoms with Crippen molar-refractivity contribution in [1.82, 2.24) is 0 Å².